The van der Waals surface area contributed by atoms with Crippen molar-refractivity contribution in [3.05, 3.63) is 94.4 Å². The molecule has 5 heteroatoms. The third-order valence-corrected chi connectivity index (χ3v) is 5.11. The molecular formula is C24H18Cl2N2O. The van der Waals surface area contributed by atoms with E-state index in [0.29, 0.717) is 10.0 Å². The molecule has 0 radical (unpaired) electrons. The largest absolute Gasteiger partial charge is 0.496 e. The predicted molar refractivity (Wildman–Crippen MR) is 121 cm³/mol. The molecule has 0 aliphatic carbocycles. The summed E-state index contributed by atoms with van der Waals surface area (Å²) in [6, 6.07) is 21.7. The van der Waals surface area contributed by atoms with Crippen molar-refractivity contribution in [1.82, 2.24) is 9.97 Å². The van der Waals surface area contributed by atoms with Crippen LogP contribution in [0.25, 0.3) is 34.5 Å². The Morgan fingerprint density at radius 2 is 1.69 bits per heavy atom. The number of halogens is 2. The lowest BCUT2D eigenvalue weighted by molar-refractivity contribution is 0.416. The van der Waals surface area contributed by atoms with Crippen LogP contribution in [-0.4, -0.2) is 17.1 Å². The molecule has 0 spiro atoms. The van der Waals surface area contributed by atoms with Gasteiger partial charge in [0.15, 0.2) is 0 Å². The maximum atomic E-state index is 6.27. The number of hydrogen-bond donors (Lipinski definition) is 1. The maximum absolute atomic E-state index is 6.27. The van der Waals surface area contributed by atoms with Gasteiger partial charge >= 0.3 is 0 Å². The van der Waals surface area contributed by atoms with Crippen LogP contribution in [0.4, 0.5) is 0 Å². The van der Waals surface area contributed by atoms with Crippen LogP contribution in [0.5, 0.6) is 5.75 Å². The first kappa shape index (κ1) is 19.3. The molecule has 0 amide bonds. The minimum Gasteiger partial charge on any atom is -0.496 e. The second-order valence-electron chi connectivity index (χ2n) is 6.45. The Hall–Kier alpha value is -3.01. The second-order valence-corrected chi connectivity index (χ2v) is 7.29. The topological polar surface area (TPSA) is 37.9 Å². The van der Waals surface area contributed by atoms with Gasteiger partial charge in [0.25, 0.3) is 0 Å². The van der Waals surface area contributed by atoms with Crippen molar-refractivity contribution in [2.45, 2.75) is 0 Å². The monoisotopic (exact) mass is 420 g/mol. The van der Waals surface area contributed by atoms with E-state index in [0.717, 1.165) is 39.5 Å². The number of nitrogens with zero attached hydrogens (tertiary/aromatic N) is 1. The highest BCUT2D eigenvalue weighted by Crippen LogP contribution is 2.30. The van der Waals surface area contributed by atoms with Crippen LogP contribution in [0, 0.1) is 0 Å². The highest BCUT2D eigenvalue weighted by molar-refractivity contribution is 6.36. The van der Waals surface area contributed by atoms with Gasteiger partial charge in [-0.2, -0.15) is 0 Å². The van der Waals surface area contributed by atoms with E-state index in [1.54, 1.807) is 19.2 Å². The van der Waals surface area contributed by atoms with Gasteiger partial charge in [0.05, 0.1) is 17.8 Å². The Labute approximate surface area is 179 Å². The summed E-state index contributed by atoms with van der Waals surface area (Å²) in [6.07, 6.45) is 5.78. The Morgan fingerprint density at radius 1 is 0.897 bits per heavy atom. The van der Waals surface area contributed by atoms with Gasteiger partial charge in [-0.1, -0.05) is 71.7 Å². The number of aromatic nitrogens is 2. The van der Waals surface area contributed by atoms with Gasteiger partial charge in [-0.15, -0.1) is 0 Å². The zero-order valence-corrected chi connectivity index (χ0v) is 17.2. The molecular weight excluding hydrogens is 403 g/mol. The van der Waals surface area contributed by atoms with E-state index >= 15 is 0 Å². The number of H-pyrrole nitrogens is 1. The Morgan fingerprint density at radius 3 is 2.45 bits per heavy atom. The summed E-state index contributed by atoms with van der Waals surface area (Å²) in [4.78, 5) is 7.75. The van der Waals surface area contributed by atoms with Crippen molar-refractivity contribution >= 4 is 35.4 Å². The number of imidazole rings is 1. The molecule has 144 valence electrons. The normalized spacial score (nSPS) is 11.1. The summed E-state index contributed by atoms with van der Waals surface area (Å²) in [5.41, 5.74) is 4.87. The van der Waals surface area contributed by atoms with E-state index < -0.39 is 0 Å². The number of benzene rings is 3. The molecule has 0 fully saturated rings. The molecule has 0 unspecified atom stereocenters. The highest BCUT2D eigenvalue weighted by Gasteiger charge is 2.08. The van der Waals surface area contributed by atoms with E-state index in [-0.39, 0.29) is 0 Å². The summed E-state index contributed by atoms with van der Waals surface area (Å²) < 4.78 is 5.45. The minimum absolute atomic E-state index is 0.575. The molecule has 0 bridgehead atoms. The molecule has 0 saturated heterocycles. The molecule has 1 heterocycles. The molecule has 0 aliphatic rings. The summed E-state index contributed by atoms with van der Waals surface area (Å²) in [5.74, 6) is 1.61. The van der Waals surface area contributed by atoms with E-state index in [1.165, 1.54) is 0 Å². The lowest BCUT2D eigenvalue weighted by atomic mass is 10.0. The number of aromatic amines is 1. The van der Waals surface area contributed by atoms with E-state index in [4.69, 9.17) is 27.9 Å². The molecule has 1 N–H and O–H groups in total. The lowest BCUT2D eigenvalue weighted by Gasteiger charge is -2.08. The van der Waals surface area contributed by atoms with Crippen LogP contribution < -0.4 is 4.74 Å². The van der Waals surface area contributed by atoms with Gasteiger partial charge in [0.2, 0.25) is 0 Å². The number of hydrogen-bond acceptors (Lipinski definition) is 2. The summed E-state index contributed by atoms with van der Waals surface area (Å²) >= 11 is 12.2. The zero-order chi connectivity index (χ0) is 20.2. The minimum atomic E-state index is 0.575. The first-order valence-corrected chi connectivity index (χ1v) is 9.82. The molecule has 3 aromatic carbocycles. The van der Waals surface area contributed by atoms with Gasteiger partial charge in [-0.25, -0.2) is 4.98 Å². The average molecular weight is 421 g/mol. The van der Waals surface area contributed by atoms with Crippen molar-refractivity contribution in [3.8, 4) is 28.1 Å². The van der Waals surface area contributed by atoms with Crippen LogP contribution in [0.15, 0.2) is 72.9 Å². The van der Waals surface area contributed by atoms with E-state index in [1.807, 2.05) is 42.6 Å². The van der Waals surface area contributed by atoms with Gasteiger partial charge in [-0.05, 0) is 41.5 Å². The van der Waals surface area contributed by atoms with Crippen molar-refractivity contribution in [2.75, 3.05) is 7.11 Å². The summed E-state index contributed by atoms with van der Waals surface area (Å²) in [7, 11) is 1.69. The molecule has 0 aliphatic heterocycles. The van der Waals surface area contributed by atoms with Gasteiger partial charge in [0, 0.05) is 22.3 Å². The SMILES string of the molecule is COc1ccccc1-c1ccc(/C=C/c2nc(-c3ccc(Cl)cc3Cl)c[nH]2)cc1. The van der Waals surface area contributed by atoms with Crippen LogP contribution in [0.3, 0.4) is 0 Å². The fourth-order valence-electron chi connectivity index (χ4n) is 3.09. The summed E-state index contributed by atoms with van der Waals surface area (Å²) in [5, 5.41) is 1.18. The van der Waals surface area contributed by atoms with Crippen molar-refractivity contribution in [2.24, 2.45) is 0 Å². The molecule has 3 nitrogen and oxygen atoms in total. The average Bonchev–Trinajstić information content (AvgIpc) is 3.21. The summed E-state index contributed by atoms with van der Waals surface area (Å²) in [6.45, 7) is 0. The molecule has 0 atom stereocenters. The fourth-order valence-corrected chi connectivity index (χ4v) is 3.59. The van der Waals surface area contributed by atoms with Crippen molar-refractivity contribution < 1.29 is 4.74 Å². The fraction of sp³-hybridized carbons (Fsp3) is 0.0417. The molecule has 0 saturated carbocycles. The maximum Gasteiger partial charge on any atom is 0.130 e. The standard InChI is InChI=1S/C24H18Cl2N2O/c1-29-23-5-3-2-4-19(23)17-9-6-16(7-10-17)8-13-24-27-15-22(28-24)20-12-11-18(25)14-21(20)26/h2-15H,1H3,(H,27,28)/b13-8+. The van der Waals surface area contributed by atoms with Crippen LogP contribution in [0.2, 0.25) is 10.0 Å². The molecule has 29 heavy (non-hydrogen) atoms. The van der Waals surface area contributed by atoms with Gasteiger partial charge in [0.1, 0.15) is 11.6 Å². The number of para-hydroxylation sites is 1. The molecule has 4 rings (SSSR count). The lowest BCUT2D eigenvalue weighted by Crippen LogP contribution is -1.87. The number of ether oxygens (including phenoxy) is 1. The van der Waals surface area contributed by atoms with Crippen molar-refractivity contribution in [1.29, 1.82) is 0 Å². The highest BCUT2D eigenvalue weighted by atomic mass is 35.5. The van der Waals surface area contributed by atoms with Gasteiger partial charge < -0.3 is 9.72 Å². The smallest absolute Gasteiger partial charge is 0.130 e. The number of rotatable bonds is 5. The van der Waals surface area contributed by atoms with Crippen molar-refractivity contribution in [3.63, 3.8) is 0 Å². The zero-order valence-electron chi connectivity index (χ0n) is 15.7. The van der Waals surface area contributed by atoms with Gasteiger partial charge in [-0.3, -0.25) is 0 Å². The Kier molecular flexibility index (Phi) is 5.70. The van der Waals surface area contributed by atoms with E-state index in [9.17, 15) is 0 Å². The van der Waals surface area contributed by atoms with Crippen LogP contribution >= 0.6 is 23.2 Å². The van der Waals surface area contributed by atoms with E-state index in [2.05, 4.69) is 40.3 Å². The third kappa shape index (κ3) is 4.37. The first-order valence-electron chi connectivity index (χ1n) is 9.06. The molecule has 1 aromatic heterocycles. The Balaban J connectivity index is 1.52. The quantitative estimate of drug-likeness (QED) is 0.369. The third-order valence-electron chi connectivity index (χ3n) is 4.57. The second kappa shape index (κ2) is 8.56. The first-order chi connectivity index (χ1) is 14.1. The Bertz CT molecular complexity index is 1160. The molecule has 4 aromatic rings. The van der Waals surface area contributed by atoms with Crippen LogP contribution in [0.1, 0.15) is 11.4 Å². The predicted octanol–water partition coefficient (Wildman–Crippen LogP) is 7.23. The number of methoxy groups -OCH3 is 1. The number of nitrogens with one attached hydrogen (secondary N) is 1. The van der Waals surface area contributed by atoms with Crippen LogP contribution in [-0.2, 0) is 0 Å².